The lowest BCUT2D eigenvalue weighted by Crippen LogP contribution is -2.45. The fourth-order valence-electron chi connectivity index (χ4n) is 1.96. The number of rotatable bonds is 10. The van der Waals surface area contributed by atoms with Crippen LogP contribution in [0.3, 0.4) is 0 Å². The number of hydrogen-bond acceptors (Lipinski definition) is 3. The molecule has 5 heteroatoms. The predicted molar refractivity (Wildman–Crippen MR) is 88.3 cm³/mol. The maximum atomic E-state index is 5.55. The molecule has 3 nitrogen and oxygen atoms in total. The zero-order chi connectivity index (χ0) is 15.1. The lowest BCUT2D eigenvalue weighted by atomic mass is 10.9. The molecule has 0 aromatic heterocycles. The maximum Gasteiger partial charge on any atom is 0.500 e. The third kappa shape index (κ3) is 11.0. The molecule has 0 atom stereocenters. The Labute approximate surface area is 126 Å². The average molecular weight is 306 g/mol. The van der Waals surface area contributed by atoms with E-state index >= 15 is 0 Å². The van der Waals surface area contributed by atoms with Crippen molar-refractivity contribution in [2.45, 2.75) is 70.4 Å². The van der Waals surface area contributed by atoms with Gasteiger partial charge in [0.25, 0.3) is 14.1 Å². The topological polar surface area (TPSA) is 27.7 Å². The van der Waals surface area contributed by atoms with E-state index in [1.54, 1.807) is 0 Å². The van der Waals surface area contributed by atoms with Gasteiger partial charge >= 0.3 is 8.80 Å². The molecule has 0 radical (unpaired) electrons. The van der Waals surface area contributed by atoms with Crippen LogP contribution in [0.1, 0.15) is 48.5 Å². The zero-order valence-corrected chi connectivity index (χ0v) is 16.4. The third-order valence-electron chi connectivity index (χ3n) is 3.26. The first-order valence-corrected chi connectivity index (χ1v) is 12.4. The van der Waals surface area contributed by atoms with Gasteiger partial charge in [-0.3, -0.25) is 0 Å². The first-order valence-electron chi connectivity index (χ1n) is 8.01. The van der Waals surface area contributed by atoms with Crippen LogP contribution in [0.25, 0.3) is 0 Å². The monoisotopic (exact) mass is 306 g/mol. The smallest absolute Gasteiger partial charge is 0.374 e. The summed E-state index contributed by atoms with van der Waals surface area (Å²) < 4.78 is 16.7. The van der Waals surface area contributed by atoms with E-state index in [4.69, 9.17) is 13.3 Å². The summed E-state index contributed by atoms with van der Waals surface area (Å²) in [5.74, 6) is 0. The molecule has 116 valence electrons. The van der Waals surface area contributed by atoms with Crippen LogP contribution < -0.4 is 0 Å². The van der Waals surface area contributed by atoms with Crippen LogP contribution in [0, 0.1) is 0 Å². The fraction of sp³-hybridized carbons (Fsp3) is 1.00. The SMILES string of the molecule is CCO[Si](CC)(OCC)OCC.C[CH2][Al]([CH2]C)[CH2]C. The van der Waals surface area contributed by atoms with Crippen LogP contribution in [0.4, 0.5) is 0 Å². The van der Waals surface area contributed by atoms with Crippen molar-refractivity contribution in [1.29, 1.82) is 0 Å². The molecular formula is C14H35AlO3Si. The fourth-order valence-corrected chi connectivity index (χ4v) is 5.87. The van der Waals surface area contributed by atoms with Gasteiger partial charge in [-0.15, -0.1) is 0 Å². The van der Waals surface area contributed by atoms with E-state index in [-0.39, 0.29) is 14.1 Å². The van der Waals surface area contributed by atoms with E-state index in [1.807, 2.05) is 27.7 Å². The molecule has 0 rings (SSSR count). The molecular weight excluding hydrogens is 271 g/mol. The Hall–Kier alpha value is 0.629. The highest BCUT2D eigenvalue weighted by Gasteiger charge is 2.37. The summed E-state index contributed by atoms with van der Waals surface area (Å²) >= 11 is -0.171. The molecule has 0 amide bonds. The van der Waals surface area contributed by atoms with E-state index in [9.17, 15) is 0 Å². The normalized spacial score (nSPS) is 10.9. The van der Waals surface area contributed by atoms with Crippen molar-refractivity contribution in [3.05, 3.63) is 0 Å². The Morgan fingerprint density at radius 2 is 0.947 bits per heavy atom. The lowest BCUT2D eigenvalue weighted by molar-refractivity contribution is 0.0725. The molecule has 0 aromatic carbocycles. The molecule has 0 unspecified atom stereocenters. The highest BCUT2D eigenvalue weighted by Crippen LogP contribution is 2.14. The van der Waals surface area contributed by atoms with Gasteiger partial charge in [-0.05, 0) is 20.8 Å². The predicted octanol–water partition coefficient (Wildman–Crippen LogP) is 4.60. The summed E-state index contributed by atoms with van der Waals surface area (Å²) in [4.78, 5) is 0. The van der Waals surface area contributed by atoms with Gasteiger partial charge in [-0.1, -0.05) is 43.5 Å². The molecule has 0 saturated carbocycles. The first kappa shape index (κ1) is 21.9. The van der Waals surface area contributed by atoms with Crippen molar-refractivity contribution in [1.82, 2.24) is 0 Å². The van der Waals surface area contributed by atoms with Crippen molar-refractivity contribution in [2.75, 3.05) is 19.8 Å². The molecule has 19 heavy (non-hydrogen) atoms. The Morgan fingerprint density at radius 3 is 1.05 bits per heavy atom. The van der Waals surface area contributed by atoms with Crippen molar-refractivity contribution >= 4 is 23.0 Å². The summed E-state index contributed by atoms with van der Waals surface area (Å²) in [7, 11) is -2.27. The first-order chi connectivity index (χ1) is 9.09. The minimum atomic E-state index is -2.27. The van der Waals surface area contributed by atoms with E-state index in [0.29, 0.717) is 19.8 Å². The van der Waals surface area contributed by atoms with Gasteiger partial charge in [0.15, 0.2) is 0 Å². The van der Waals surface area contributed by atoms with Gasteiger partial charge in [0.05, 0.1) is 0 Å². The summed E-state index contributed by atoms with van der Waals surface area (Å²) in [6, 6.07) is 0.850. The minimum absolute atomic E-state index is 0.171. The molecule has 0 fully saturated rings. The van der Waals surface area contributed by atoms with Gasteiger partial charge in [0, 0.05) is 25.9 Å². The van der Waals surface area contributed by atoms with Gasteiger partial charge < -0.3 is 13.3 Å². The Bertz CT molecular complexity index is 156. The van der Waals surface area contributed by atoms with Crippen molar-refractivity contribution < 1.29 is 13.3 Å². The molecule has 0 aliphatic rings. The highest BCUT2D eigenvalue weighted by atomic mass is 28.4. The third-order valence-corrected chi connectivity index (χ3v) is 9.77. The van der Waals surface area contributed by atoms with Crippen molar-refractivity contribution in [3.8, 4) is 0 Å². The molecule has 0 spiro atoms. The second-order valence-electron chi connectivity index (χ2n) is 4.43. The Kier molecular flexibility index (Phi) is 17.3. The van der Waals surface area contributed by atoms with Crippen LogP contribution >= 0.6 is 0 Å². The van der Waals surface area contributed by atoms with E-state index in [1.165, 1.54) is 15.8 Å². The standard InChI is InChI=1S/C8H20O3Si.3C2H5.Al/c1-5-9-12(8-4,10-6-2)11-7-3;3*1-2;/h5-8H2,1-4H3;3*1H2,2H3;. The maximum absolute atomic E-state index is 5.55. The van der Waals surface area contributed by atoms with Gasteiger partial charge in [-0.2, -0.15) is 0 Å². The van der Waals surface area contributed by atoms with Gasteiger partial charge in [-0.25, -0.2) is 0 Å². The van der Waals surface area contributed by atoms with Crippen LogP contribution in [0.5, 0.6) is 0 Å². The Morgan fingerprint density at radius 1 is 0.632 bits per heavy atom. The quantitative estimate of drug-likeness (QED) is 0.552. The van der Waals surface area contributed by atoms with E-state index in [0.717, 1.165) is 6.04 Å². The summed E-state index contributed by atoms with van der Waals surface area (Å²) in [6.45, 7) is 16.9. The zero-order valence-electron chi connectivity index (χ0n) is 14.3. The average Bonchev–Trinajstić information content (AvgIpc) is 2.42. The Balaban J connectivity index is 0. The lowest BCUT2D eigenvalue weighted by Gasteiger charge is -2.26. The van der Waals surface area contributed by atoms with E-state index in [2.05, 4.69) is 20.8 Å². The molecule has 0 bridgehead atoms. The number of hydrogen-bond donors (Lipinski definition) is 0. The summed E-state index contributed by atoms with van der Waals surface area (Å²) in [5, 5.41) is 4.48. The van der Waals surface area contributed by atoms with Crippen molar-refractivity contribution in [2.24, 2.45) is 0 Å². The van der Waals surface area contributed by atoms with Crippen LogP contribution in [-0.2, 0) is 13.3 Å². The van der Waals surface area contributed by atoms with Crippen LogP contribution in [0.15, 0.2) is 0 Å². The van der Waals surface area contributed by atoms with Crippen LogP contribution in [0.2, 0.25) is 21.9 Å². The van der Waals surface area contributed by atoms with Crippen LogP contribution in [-0.4, -0.2) is 42.8 Å². The minimum Gasteiger partial charge on any atom is -0.374 e. The summed E-state index contributed by atoms with van der Waals surface area (Å²) in [5.41, 5.74) is 0. The van der Waals surface area contributed by atoms with Gasteiger partial charge in [0.2, 0.25) is 0 Å². The second-order valence-corrected chi connectivity index (χ2v) is 11.5. The molecule has 0 aliphatic carbocycles. The highest BCUT2D eigenvalue weighted by molar-refractivity contribution is 6.60. The molecule has 0 aliphatic heterocycles. The molecule has 0 heterocycles. The van der Waals surface area contributed by atoms with Gasteiger partial charge in [0.1, 0.15) is 0 Å². The molecule has 0 saturated heterocycles. The van der Waals surface area contributed by atoms with E-state index < -0.39 is 8.80 Å². The largest absolute Gasteiger partial charge is 0.500 e. The van der Waals surface area contributed by atoms with Crippen molar-refractivity contribution in [3.63, 3.8) is 0 Å². The molecule has 0 N–H and O–H groups in total. The molecule has 0 aromatic rings. The second kappa shape index (κ2) is 15.0. The summed E-state index contributed by atoms with van der Waals surface area (Å²) in [6.07, 6.45) is 0.